The molecule has 0 saturated carbocycles. The van der Waals surface area contributed by atoms with Gasteiger partial charge >= 0.3 is 0 Å². The molecule has 0 unspecified atom stereocenters. The maximum atomic E-state index is 5.36. The molecule has 1 heterocycles. The summed E-state index contributed by atoms with van der Waals surface area (Å²) in [5.41, 5.74) is 11.7. The fraction of sp³-hybridized carbons (Fsp3) is 0.214. The monoisotopic (exact) mass is 212 g/mol. The number of pyridine rings is 1. The first-order chi connectivity index (χ1) is 7.74. The molecule has 2 heteroatoms. The summed E-state index contributed by atoms with van der Waals surface area (Å²) in [5, 5.41) is 0. The van der Waals surface area contributed by atoms with Crippen LogP contribution in [0.3, 0.4) is 0 Å². The first kappa shape index (κ1) is 10.7. The van der Waals surface area contributed by atoms with Gasteiger partial charge in [-0.2, -0.15) is 0 Å². The van der Waals surface area contributed by atoms with E-state index in [1.54, 1.807) is 6.20 Å². The largest absolute Gasteiger partial charge is 0.405 e. The van der Waals surface area contributed by atoms with Gasteiger partial charge in [-0.3, -0.25) is 4.98 Å². The third-order valence-corrected chi connectivity index (χ3v) is 3.10. The molecular formula is C14H16N2. The van der Waals surface area contributed by atoms with E-state index in [9.17, 15) is 0 Å². The molecule has 2 rings (SSSR count). The summed E-state index contributed by atoms with van der Waals surface area (Å²) in [6.45, 7) is 4.30. The van der Waals surface area contributed by atoms with Gasteiger partial charge in [0, 0.05) is 12.6 Å². The number of nitrogens with zero attached hydrogens (tertiary/aromatic N) is 1. The number of hydrogen-bond acceptors (Lipinski definition) is 2. The zero-order valence-electron chi connectivity index (χ0n) is 9.70. The predicted octanol–water partition coefficient (Wildman–Crippen LogP) is 2.83. The molecule has 0 radical (unpaired) electrons. The molecule has 1 aliphatic carbocycles. The van der Waals surface area contributed by atoms with Crippen molar-refractivity contribution in [2.45, 2.75) is 20.3 Å². The van der Waals surface area contributed by atoms with E-state index >= 15 is 0 Å². The van der Waals surface area contributed by atoms with Gasteiger partial charge in [-0.1, -0.05) is 12.1 Å². The van der Waals surface area contributed by atoms with Crippen molar-refractivity contribution in [2.24, 2.45) is 5.73 Å². The Morgan fingerprint density at radius 1 is 1.31 bits per heavy atom. The minimum atomic E-state index is 0.893. The highest BCUT2D eigenvalue weighted by Crippen LogP contribution is 2.32. The molecule has 0 bridgehead atoms. The first-order valence-electron chi connectivity index (χ1n) is 5.43. The Morgan fingerprint density at radius 3 is 2.88 bits per heavy atom. The van der Waals surface area contributed by atoms with Crippen molar-refractivity contribution < 1.29 is 0 Å². The number of allylic oxidation sites excluding steroid dienone is 5. The number of nitrogens with two attached hydrogens (primary N) is 1. The van der Waals surface area contributed by atoms with Crippen LogP contribution in [0.5, 0.6) is 0 Å². The zero-order chi connectivity index (χ0) is 11.5. The molecular weight excluding hydrogens is 196 g/mol. The molecule has 0 saturated heterocycles. The smallest absolute Gasteiger partial charge is 0.0522 e. The minimum Gasteiger partial charge on any atom is -0.405 e. The SMILES string of the molecule is CC1=C(C)c2cccnc2C/C1=C\C=C/N. The van der Waals surface area contributed by atoms with Gasteiger partial charge in [0.05, 0.1) is 5.69 Å². The molecule has 1 aromatic rings. The first-order valence-corrected chi connectivity index (χ1v) is 5.43. The van der Waals surface area contributed by atoms with E-state index in [1.807, 2.05) is 18.3 Å². The standard InChI is InChI=1S/C14H16N2/c1-10-11(2)13-6-4-8-16-14(13)9-12(10)5-3-7-15/h3-8H,9,15H2,1-2H3/b7-3-,12-5+. The summed E-state index contributed by atoms with van der Waals surface area (Å²) in [6.07, 6.45) is 8.24. The van der Waals surface area contributed by atoms with Crippen molar-refractivity contribution in [3.05, 3.63) is 59.1 Å². The van der Waals surface area contributed by atoms with Gasteiger partial charge < -0.3 is 5.73 Å². The van der Waals surface area contributed by atoms with Gasteiger partial charge in [0.1, 0.15) is 0 Å². The molecule has 0 atom stereocenters. The molecule has 0 aliphatic heterocycles. The van der Waals surface area contributed by atoms with E-state index in [-0.39, 0.29) is 0 Å². The molecule has 0 spiro atoms. The molecule has 16 heavy (non-hydrogen) atoms. The average molecular weight is 212 g/mol. The molecule has 82 valence electrons. The van der Waals surface area contributed by atoms with E-state index < -0.39 is 0 Å². The molecule has 0 fully saturated rings. The lowest BCUT2D eigenvalue weighted by molar-refractivity contribution is 1.02. The normalized spacial score (nSPS) is 18.2. The van der Waals surface area contributed by atoms with Crippen LogP contribution in [0.2, 0.25) is 0 Å². The molecule has 1 aromatic heterocycles. The summed E-state index contributed by atoms with van der Waals surface area (Å²) in [7, 11) is 0. The van der Waals surface area contributed by atoms with Gasteiger partial charge in [-0.15, -0.1) is 0 Å². The number of hydrogen-bond donors (Lipinski definition) is 1. The topological polar surface area (TPSA) is 38.9 Å². The fourth-order valence-corrected chi connectivity index (χ4v) is 2.03. The summed E-state index contributed by atoms with van der Waals surface area (Å²) in [6, 6.07) is 4.13. The molecule has 1 aliphatic rings. The fourth-order valence-electron chi connectivity index (χ4n) is 2.03. The Morgan fingerprint density at radius 2 is 2.12 bits per heavy atom. The Kier molecular flexibility index (Phi) is 2.91. The Hall–Kier alpha value is -1.83. The van der Waals surface area contributed by atoms with Crippen molar-refractivity contribution >= 4 is 5.57 Å². The van der Waals surface area contributed by atoms with Crippen molar-refractivity contribution in [1.29, 1.82) is 0 Å². The van der Waals surface area contributed by atoms with Crippen LogP contribution in [0.15, 0.2) is 47.8 Å². The summed E-state index contributed by atoms with van der Waals surface area (Å²) in [5.74, 6) is 0. The Labute approximate surface area is 96.2 Å². The lowest BCUT2D eigenvalue weighted by atomic mass is 9.86. The minimum absolute atomic E-state index is 0.893. The van der Waals surface area contributed by atoms with E-state index in [4.69, 9.17) is 5.73 Å². The lowest BCUT2D eigenvalue weighted by Crippen LogP contribution is -2.07. The highest BCUT2D eigenvalue weighted by atomic mass is 14.7. The molecule has 0 aromatic carbocycles. The van der Waals surface area contributed by atoms with E-state index in [0.29, 0.717) is 0 Å². The summed E-state index contributed by atoms with van der Waals surface area (Å²) in [4.78, 5) is 4.43. The highest BCUT2D eigenvalue weighted by Gasteiger charge is 2.17. The second-order valence-corrected chi connectivity index (χ2v) is 4.00. The lowest BCUT2D eigenvalue weighted by Gasteiger charge is -2.20. The highest BCUT2D eigenvalue weighted by molar-refractivity contribution is 5.75. The molecule has 2 N–H and O–H groups in total. The average Bonchev–Trinajstić information content (AvgIpc) is 2.32. The van der Waals surface area contributed by atoms with Crippen molar-refractivity contribution in [1.82, 2.24) is 4.98 Å². The van der Waals surface area contributed by atoms with Crippen molar-refractivity contribution in [2.75, 3.05) is 0 Å². The molecule has 0 amide bonds. The van der Waals surface area contributed by atoms with E-state index in [2.05, 4.69) is 31.0 Å². The quantitative estimate of drug-likeness (QED) is 0.777. The van der Waals surface area contributed by atoms with Crippen LogP contribution >= 0.6 is 0 Å². The second kappa shape index (κ2) is 4.35. The van der Waals surface area contributed by atoms with Crippen LogP contribution in [0.1, 0.15) is 25.1 Å². The third-order valence-electron chi connectivity index (χ3n) is 3.10. The maximum absolute atomic E-state index is 5.36. The number of fused-ring (bicyclic) bond motifs is 1. The van der Waals surface area contributed by atoms with Crippen molar-refractivity contribution in [3.8, 4) is 0 Å². The number of rotatable bonds is 1. The predicted molar refractivity (Wildman–Crippen MR) is 67.6 cm³/mol. The van der Waals surface area contributed by atoms with E-state index in [1.165, 1.54) is 22.3 Å². The van der Waals surface area contributed by atoms with Crippen LogP contribution in [0, 0.1) is 0 Å². The van der Waals surface area contributed by atoms with E-state index in [0.717, 1.165) is 12.1 Å². The third kappa shape index (κ3) is 1.78. The Bertz CT molecular complexity index is 493. The number of aromatic nitrogens is 1. The van der Waals surface area contributed by atoms with Gasteiger partial charge in [-0.05, 0) is 54.5 Å². The van der Waals surface area contributed by atoms with Crippen LogP contribution < -0.4 is 5.73 Å². The van der Waals surface area contributed by atoms with Crippen LogP contribution in [0.25, 0.3) is 5.57 Å². The van der Waals surface area contributed by atoms with Crippen molar-refractivity contribution in [3.63, 3.8) is 0 Å². The summed E-state index contributed by atoms with van der Waals surface area (Å²) >= 11 is 0. The van der Waals surface area contributed by atoms with Crippen LogP contribution in [-0.4, -0.2) is 4.98 Å². The second-order valence-electron chi connectivity index (χ2n) is 4.00. The Balaban J connectivity index is 2.52. The summed E-state index contributed by atoms with van der Waals surface area (Å²) < 4.78 is 0. The van der Waals surface area contributed by atoms with Gasteiger partial charge in [0.15, 0.2) is 0 Å². The van der Waals surface area contributed by atoms with Gasteiger partial charge in [0.25, 0.3) is 0 Å². The van der Waals surface area contributed by atoms with Gasteiger partial charge in [0.2, 0.25) is 0 Å². The van der Waals surface area contributed by atoms with Crippen LogP contribution in [0.4, 0.5) is 0 Å². The van der Waals surface area contributed by atoms with Crippen LogP contribution in [-0.2, 0) is 6.42 Å². The maximum Gasteiger partial charge on any atom is 0.0522 e. The molecule has 2 nitrogen and oxygen atoms in total. The van der Waals surface area contributed by atoms with Gasteiger partial charge in [-0.25, -0.2) is 0 Å². The zero-order valence-corrected chi connectivity index (χ0v) is 9.70.